The molecule has 0 unspecified atom stereocenters. The molecular weight excluding hydrogens is 614 g/mol. The number of aromatic nitrogens is 3. The highest BCUT2D eigenvalue weighted by atomic mass is 19.1. The van der Waals surface area contributed by atoms with E-state index in [-0.39, 0.29) is 83.2 Å². The van der Waals surface area contributed by atoms with Crippen LogP contribution in [0.2, 0.25) is 0 Å². The lowest BCUT2D eigenvalue weighted by Gasteiger charge is -2.45. The summed E-state index contributed by atoms with van der Waals surface area (Å²) in [5.41, 5.74) is 0.367. The van der Waals surface area contributed by atoms with Crippen molar-refractivity contribution in [2.75, 3.05) is 0 Å². The Hall–Kier alpha value is -4.31. The third-order valence-electron chi connectivity index (χ3n) is 10.0. The largest absolute Gasteiger partial charge is 0.234 e. The number of fused-ring (bicyclic) bond motifs is 2. The predicted molar refractivity (Wildman–Crippen MR) is 215 cm³/mol. The van der Waals surface area contributed by atoms with E-state index in [0.717, 1.165) is 11.1 Å². The average molecular weight is 632 g/mol. The topological polar surface area (TPSA) is 38.7 Å². The zero-order valence-electron chi connectivity index (χ0n) is 27.9. The zero-order valence-corrected chi connectivity index (χ0v) is 27.9. The quantitative estimate of drug-likeness (QED) is 0.189. The molecule has 218 valence electrons. The van der Waals surface area contributed by atoms with Crippen LogP contribution in [0.25, 0.3) is 22.8 Å². The van der Waals surface area contributed by atoms with Gasteiger partial charge in [0.15, 0.2) is 23.1 Å². The molecule has 0 spiro atoms. The van der Waals surface area contributed by atoms with Crippen LogP contribution >= 0.6 is 0 Å². The van der Waals surface area contributed by atoms with E-state index in [1.807, 2.05) is 55.5 Å². The van der Waals surface area contributed by atoms with Crippen molar-refractivity contribution >= 4 is 133 Å². The molecule has 1 aliphatic carbocycles. The van der Waals surface area contributed by atoms with Gasteiger partial charge in [-0.25, -0.2) is 19.3 Å². The first-order chi connectivity index (χ1) is 24.1. The summed E-state index contributed by atoms with van der Waals surface area (Å²) in [5.74, 6) is 0.0491. The standard InChI is InChI=1S/C37H18B10FN3/c1-15-9-3-4-10-16(15)37(19-13-7-5-11-17(19)36(2,48)18-12-6-8-14-20(18)37)35-50-33(21-23(38)27(42)31(46)28(43)24(21)39)49-34(51-35)22-25(40)29(44)32(47)30(45)26(22)41/h3-14H,1-2H3. The van der Waals surface area contributed by atoms with E-state index in [2.05, 4.69) is 0 Å². The Morgan fingerprint density at radius 1 is 0.431 bits per heavy atom. The molecule has 5 aromatic carbocycles. The molecule has 1 heterocycles. The lowest BCUT2D eigenvalue weighted by atomic mass is 9.58. The second kappa shape index (κ2) is 12.4. The highest BCUT2D eigenvalue weighted by Gasteiger charge is 2.53. The van der Waals surface area contributed by atoms with Crippen molar-refractivity contribution in [1.29, 1.82) is 0 Å². The first-order valence-corrected chi connectivity index (χ1v) is 15.9. The van der Waals surface area contributed by atoms with E-state index in [1.54, 1.807) is 31.2 Å². The minimum atomic E-state index is -1.90. The molecule has 0 saturated carbocycles. The molecule has 20 radical (unpaired) electrons. The summed E-state index contributed by atoms with van der Waals surface area (Å²) in [4.78, 5) is 15.0. The molecule has 0 bridgehead atoms. The van der Waals surface area contributed by atoms with Crippen LogP contribution < -0.4 is 54.6 Å². The summed E-state index contributed by atoms with van der Waals surface area (Å²) < 4.78 is 17.3. The number of aryl methyl sites for hydroxylation is 1. The van der Waals surface area contributed by atoms with E-state index in [1.165, 1.54) is 0 Å². The number of hydrogen-bond donors (Lipinski definition) is 0. The van der Waals surface area contributed by atoms with Crippen LogP contribution in [0.1, 0.15) is 46.1 Å². The normalized spacial score (nSPS) is 17.9. The minimum Gasteiger partial charge on any atom is -0.234 e. The first kappa shape index (κ1) is 35.1. The van der Waals surface area contributed by atoms with Gasteiger partial charge in [0, 0.05) is 11.1 Å². The van der Waals surface area contributed by atoms with Gasteiger partial charge in [0.1, 0.15) is 83.9 Å². The monoisotopic (exact) mass is 633 g/mol. The van der Waals surface area contributed by atoms with Crippen LogP contribution in [0.15, 0.2) is 72.8 Å². The van der Waals surface area contributed by atoms with Crippen molar-refractivity contribution in [3.8, 4) is 22.8 Å². The van der Waals surface area contributed by atoms with E-state index < -0.39 is 11.1 Å². The lowest BCUT2D eigenvalue weighted by molar-refractivity contribution is 0.237. The fraction of sp³-hybridized carbons (Fsp3) is 0.108. The maximum absolute atomic E-state index is 17.3. The van der Waals surface area contributed by atoms with Gasteiger partial charge in [-0.15, -0.1) is 32.8 Å². The van der Waals surface area contributed by atoms with Crippen LogP contribution in [-0.4, -0.2) is 93.4 Å². The summed E-state index contributed by atoms with van der Waals surface area (Å²) in [7, 11) is 64.0. The number of halogens is 1. The summed E-state index contributed by atoms with van der Waals surface area (Å²) in [6.45, 7) is 3.50. The number of rotatable bonds is 4. The Balaban J connectivity index is 1.75. The van der Waals surface area contributed by atoms with Crippen molar-refractivity contribution in [3.63, 3.8) is 0 Å². The number of benzene rings is 5. The smallest absolute Gasteiger partial charge is 0.162 e. The maximum atomic E-state index is 17.3. The maximum Gasteiger partial charge on any atom is 0.162 e. The van der Waals surface area contributed by atoms with E-state index in [4.69, 9.17) is 93.4 Å². The molecule has 3 nitrogen and oxygen atoms in total. The van der Waals surface area contributed by atoms with Gasteiger partial charge in [0.2, 0.25) is 0 Å². The van der Waals surface area contributed by atoms with Gasteiger partial charge in [-0.1, -0.05) is 94.6 Å². The summed E-state index contributed by atoms with van der Waals surface area (Å²) >= 11 is 0. The van der Waals surface area contributed by atoms with Crippen molar-refractivity contribution < 1.29 is 4.39 Å². The van der Waals surface area contributed by atoms with Gasteiger partial charge >= 0.3 is 0 Å². The molecule has 0 atom stereocenters. The second-order valence-corrected chi connectivity index (χ2v) is 12.9. The Bertz CT molecular complexity index is 2250. The van der Waals surface area contributed by atoms with Crippen molar-refractivity contribution in [1.82, 2.24) is 15.0 Å². The van der Waals surface area contributed by atoms with Gasteiger partial charge in [0.05, 0.1) is 0 Å². The Morgan fingerprint density at radius 2 is 0.745 bits per heavy atom. The lowest BCUT2D eigenvalue weighted by Crippen LogP contribution is -2.55. The van der Waals surface area contributed by atoms with Crippen LogP contribution in [0.3, 0.4) is 0 Å². The first-order valence-electron chi connectivity index (χ1n) is 15.9. The third kappa shape index (κ3) is 4.95. The third-order valence-corrected chi connectivity index (χ3v) is 10.0. The van der Waals surface area contributed by atoms with Crippen LogP contribution in [0.4, 0.5) is 4.39 Å². The van der Waals surface area contributed by atoms with Crippen molar-refractivity contribution in [2.45, 2.75) is 24.9 Å². The van der Waals surface area contributed by atoms with Crippen LogP contribution in [0, 0.1) is 6.92 Å². The molecule has 6 aromatic rings. The molecule has 0 aliphatic heterocycles. The van der Waals surface area contributed by atoms with Gasteiger partial charge < -0.3 is 0 Å². The molecule has 0 N–H and O–H groups in total. The van der Waals surface area contributed by atoms with E-state index in [9.17, 15) is 0 Å². The summed E-state index contributed by atoms with van der Waals surface area (Å²) in [5, 5.41) is 0. The SMILES string of the molecule is [B]c1c([B])c([B])c(-c2nc(-c3c([B])c([B])c([B])c([B])c3[B])nc(C3(c4ccccc4C)c4ccccc4C(C)(F)c4ccccc43)n2)c([B])c1[B]. The van der Waals surface area contributed by atoms with Crippen molar-refractivity contribution in [2.24, 2.45) is 0 Å². The molecule has 14 heteroatoms. The number of hydrogen-bond acceptors (Lipinski definition) is 3. The number of alkyl halides is 1. The van der Waals surface area contributed by atoms with Gasteiger partial charge in [-0.3, -0.25) is 0 Å². The molecule has 0 amide bonds. The fourth-order valence-electron chi connectivity index (χ4n) is 7.32. The predicted octanol–water partition coefficient (Wildman–Crippen LogP) is -3.62. The highest BCUT2D eigenvalue weighted by molar-refractivity contribution is 6.69. The molecule has 1 aliphatic rings. The van der Waals surface area contributed by atoms with E-state index in [0.29, 0.717) is 22.3 Å². The molecule has 51 heavy (non-hydrogen) atoms. The zero-order chi connectivity index (χ0) is 36.7. The molecule has 0 saturated heterocycles. The number of nitrogens with zero attached hydrogens (tertiary/aromatic N) is 3. The van der Waals surface area contributed by atoms with E-state index >= 15 is 4.39 Å². The van der Waals surface area contributed by atoms with Crippen molar-refractivity contribution in [3.05, 3.63) is 112 Å². The summed E-state index contributed by atoms with van der Waals surface area (Å²) in [6.07, 6.45) is 0. The van der Waals surface area contributed by atoms with Crippen LogP contribution in [-0.2, 0) is 11.1 Å². The second-order valence-electron chi connectivity index (χ2n) is 12.9. The molecule has 1 aromatic heterocycles. The van der Waals surface area contributed by atoms with Gasteiger partial charge in [0.25, 0.3) is 0 Å². The Labute approximate surface area is 311 Å². The van der Waals surface area contributed by atoms with Gasteiger partial charge in [-0.2, -0.15) is 0 Å². The summed E-state index contributed by atoms with van der Waals surface area (Å²) in [6, 6.07) is 22.2. The Morgan fingerprint density at radius 3 is 1.12 bits per heavy atom. The molecule has 7 rings (SSSR count). The minimum absolute atomic E-state index is 0.00423. The van der Waals surface area contributed by atoms with Crippen LogP contribution in [0.5, 0.6) is 0 Å². The van der Waals surface area contributed by atoms with Gasteiger partial charge in [-0.05, 0) is 47.2 Å². The highest BCUT2D eigenvalue weighted by Crippen LogP contribution is 2.56. The fourth-order valence-corrected chi connectivity index (χ4v) is 7.32. The average Bonchev–Trinajstić information content (AvgIpc) is 3.13. The Kier molecular flexibility index (Phi) is 8.55. The molecular formula is C37H18B10FN3. The molecule has 0 fully saturated rings.